The molecule has 52 heavy (non-hydrogen) atoms. The summed E-state index contributed by atoms with van der Waals surface area (Å²) in [5.74, 6) is 0.675. The van der Waals surface area contributed by atoms with Crippen LogP contribution in [0.15, 0.2) is 85.1 Å². The zero-order valence-electron chi connectivity index (χ0n) is 31.1. The summed E-state index contributed by atoms with van der Waals surface area (Å²) < 4.78 is 11.2. The maximum atomic E-state index is 13.2. The fraction of sp³-hybridized carbons (Fsp3) is 0.429. The molecule has 3 amide bonds. The maximum absolute atomic E-state index is 13.2. The third kappa shape index (κ3) is 9.02. The predicted octanol–water partition coefficient (Wildman–Crippen LogP) is 8.86. The van der Waals surface area contributed by atoms with Gasteiger partial charge in [0.05, 0.1) is 17.9 Å². The Labute approximate surface area is 306 Å². The number of ether oxygens (including phenoxy) is 2. The fourth-order valence-corrected chi connectivity index (χ4v) is 7.02. The molecule has 1 unspecified atom stereocenters. The van der Waals surface area contributed by atoms with Gasteiger partial charge in [-0.1, -0.05) is 66.7 Å². The van der Waals surface area contributed by atoms with E-state index in [1.54, 1.807) is 4.90 Å². The molecule has 274 valence electrons. The van der Waals surface area contributed by atoms with E-state index < -0.39 is 23.3 Å². The molecule has 3 heterocycles. The quantitative estimate of drug-likeness (QED) is 0.189. The second kappa shape index (κ2) is 15.2. The van der Waals surface area contributed by atoms with Gasteiger partial charge in [0, 0.05) is 24.7 Å². The van der Waals surface area contributed by atoms with Gasteiger partial charge >= 0.3 is 12.2 Å². The Balaban J connectivity index is 1.13. The zero-order valence-corrected chi connectivity index (χ0v) is 31.1. The lowest BCUT2D eigenvalue weighted by molar-refractivity contribution is -0.120. The number of benzene rings is 3. The molecular weight excluding hydrogens is 654 g/mol. The maximum Gasteiger partial charge on any atom is 0.410 e. The first-order chi connectivity index (χ1) is 24.7. The molecule has 0 saturated carbocycles. The smallest absolute Gasteiger partial charge is 0.410 e. The minimum atomic E-state index is -0.622. The monoisotopic (exact) mass is 705 g/mol. The summed E-state index contributed by atoms with van der Waals surface area (Å²) in [6.45, 7) is 12.3. The van der Waals surface area contributed by atoms with Crippen molar-refractivity contribution in [2.45, 2.75) is 103 Å². The number of carbonyl (C=O) groups excluding carboxylic acids is 3. The molecule has 0 radical (unpaired) electrons. The van der Waals surface area contributed by atoms with Crippen molar-refractivity contribution in [3.8, 4) is 11.3 Å². The van der Waals surface area contributed by atoms with E-state index in [1.165, 1.54) is 16.0 Å². The molecule has 2 fully saturated rings. The Morgan fingerprint density at radius 1 is 0.788 bits per heavy atom. The van der Waals surface area contributed by atoms with Crippen LogP contribution < -0.4 is 5.32 Å². The number of aromatic amines is 1. The lowest BCUT2D eigenvalue weighted by atomic mass is 9.85. The van der Waals surface area contributed by atoms with Crippen molar-refractivity contribution in [2.75, 3.05) is 18.4 Å². The van der Waals surface area contributed by atoms with Gasteiger partial charge in [0.1, 0.15) is 23.1 Å². The highest BCUT2D eigenvalue weighted by Gasteiger charge is 2.37. The van der Waals surface area contributed by atoms with Crippen LogP contribution in [0.2, 0.25) is 0 Å². The van der Waals surface area contributed by atoms with Crippen LogP contribution in [0, 0.1) is 0 Å². The summed E-state index contributed by atoms with van der Waals surface area (Å²) in [5.41, 5.74) is 4.96. The minimum absolute atomic E-state index is 0.106. The molecule has 0 bridgehead atoms. The van der Waals surface area contributed by atoms with E-state index in [1.807, 2.05) is 65.9 Å². The Morgan fingerprint density at radius 3 is 2.04 bits per heavy atom. The molecule has 0 aliphatic carbocycles. The van der Waals surface area contributed by atoms with Gasteiger partial charge in [0.25, 0.3) is 0 Å². The van der Waals surface area contributed by atoms with Gasteiger partial charge in [-0.05, 0) is 108 Å². The number of H-pyrrole nitrogens is 1. The van der Waals surface area contributed by atoms with E-state index in [-0.39, 0.29) is 24.0 Å². The number of rotatable bonds is 8. The summed E-state index contributed by atoms with van der Waals surface area (Å²) in [4.78, 5) is 50.3. The van der Waals surface area contributed by atoms with Gasteiger partial charge < -0.3 is 19.8 Å². The summed E-state index contributed by atoms with van der Waals surface area (Å²) in [6.07, 6.45) is 4.96. The van der Waals surface area contributed by atoms with Crippen molar-refractivity contribution in [3.05, 3.63) is 108 Å². The summed E-state index contributed by atoms with van der Waals surface area (Å²) in [6, 6.07) is 26.3. The number of nitrogens with one attached hydrogen (secondary N) is 2. The highest BCUT2D eigenvalue weighted by atomic mass is 16.6. The Bertz CT molecular complexity index is 1840. The van der Waals surface area contributed by atoms with Gasteiger partial charge in [-0.3, -0.25) is 14.6 Å². The van der Waals surface area contributed by atoms with Crippen molar-refractivity contribution in [2.24, 2.45) is 0 Å². The number of hydrogen-bond acceptors (Lipinski definition) is 6. The first-order valence-corrected chi connectivity index (χ1v) is 18.3. The van der Waals surface area contributed by atoms with Crippen LogP contribution >= 0.6 is 0 Å². The molecule has 4 aromatic rings. The number of imidazole rings is 1. The molecule has 10 nitrogen and oxygen atoms in total. The number of nitrogens with zero attached hydrogens (tertiary/aromatic N) is 3. The molecule has 2 aliphatic rings. The van der Waals surface area contributed by atoms with Crippen LogP contribution in [0.4, 0.5) is 15.3 Å². The average Bonchev–Trinajstić information content (AvgIpc) is 3.88. The van der Waals surface area contributed by atoms with Gasteiger partial charge in [0.2, 0.25) is 5.91 Å². The molecule has 2 aliphatic heterocycles. The number of anilines is 1. The Hall–Kier alpha value is -5.12. The van der Waals surface area contributed by atoms with E-state index in [9.17, 15) is 14.4 Å². The molecule has 3 aromatic carbocycles. The number of amides is 3. The number of hydrogen-bond donors (Lipinski definition) is 2. The zero-order chi connectivity index (χ0) is 37.0. The summed E-state index contributed by atoms with van der Waals surface area (Å²) in [5, 5.41) is 3.01. The molecule has 1 aromatic heterocycles. The van der Waals surface area contributed by atoms with Crippen LogP contribution in [-0.2, 0) is 20.7 Å². The van der Waals surface area contributed by atoms with Crippen molar-refractivity contribution < 1.29 is 23.9 Å². The Kier molecular flexibility index (Phi) is 10.7. The van der Waals surface area contributed by atoms with Crippen LogP contribution in [-0.4, -0.2) is 68.2 Å². The van der Waals surface area contributed by atoms with E-state index in [2.05, 4.69) is 75.9 Å². The molecule has 2 N–H and O–H groups in total. The van der Waals surface area contributed by atoms with Crippen molar-refractivity contribution in [1.82, 2.24) is 19.8 Å². The molecule has 6 rings (SSSR count). The van der Waals surface area contributed by atoms with Gasteiger partial charge in [-0.2, -0.15) is 0 Å². The van der Waals surface area contributed by atoms with Crippen LogP contribution in [0.5, 0.6) is 0 Å². The van der Waals surface area contributed by atoms with E-state index >= 15 is 0 Å². The lowest BCUT2D eigenvalue weighted by Crippen LogP contribution is -2.45. The largest absolute Gasteiger partial charge is 0.444 e. The lowest BCUT2D eigenvalue weighted by Gasteiger charge is -2.28. The highest BCUT2D eigenvalue weighted by molar-refractivity contribution is 5.96. The molecule has 0 spiro atoms. The van der Waals surface area contributed by atoms with E-state index in [0.717, 1.165) is 48.3 Å². The normalized spacial score (nSPS) is 18.3. The van der Waals surface area contributed by atoms with E-state index in [0.29, 0.717) is 25.2 Å². The fourth-order valence-electron chi connectivity index (χ4n) is 7.02. The number of carbonyl (C=O) groups is 3. The highest BCUT2D eigenvalue weighted by Crippen LogP contribution is 2.34. The molecule has 2 saturated heterocycles. The second-order valence-electron chi connectivity index (χ2n) is 15.8. The van der Waals surface area contributed by atoms with Crippen LogP contribution in [0.25, 0.3) is 11.3 Å². The van der Waals surface area contributed by atoms with Crippen molar-refractivity contribution in [3.63, 3.8) is 0 Å². The molecule has 10 heteroatoms. The minimum Gasteiger partial charge on any atom is -0.444 e. The molecule has 3 atom stereocenters. The Morgan fingerprint density at radius 2 is 1.38 bits per heavy atom. The number of likely N-dealkylation sites (tertiary alicyclic amines) is 2. The predicted molar refractivity (Wildman–Crippen MR) is 202 cm³/mol. The van der Waals surface area contributed by atoms with Crippen molar-refractivity contribution in [1.29, 1.82) is 0 Å². The second-order valence-corrected chi connectivity index (χ2v) is 15.8. The van der Waals surface area contributed by atoms with Crippen LogP contribution in [0.3, 0.4) is 0 Å². The first-order valence-electron chi connectivity index (χ1n) is 18.3. The van der Waals surface area contributed by atoms with Gasteiger partial charge in [-0.25, -0.2) is 14.6 Å². The average molecular weight is 706 g/mol. The number of aromatic nitrogens is 2. The summed E-state index contributed by atoms with van der Waals surface area (Å²) in [7, 11) is 0. The standard InChI is InChI=1S/C42H51N5O5/c1-41(2,3)51-39(49)46-24-10-14-35(46)37-43-27-34(45-37)31-20-18-30(19-21-31)33(29-12-8-7-9-13-29)26-28-16-22-32(23-17-28)44-38(48)36-15-11-25-47(36)40(50)52-42(4,5)6/h7-9,12-13,16-23,27,33,35-36H,10-11,14-15,24-26H2,1-6H3,(H,43,45)(H,44,48)/t33?,35-,36-/m0/s1. The van der Waals surface area contributed by atoms with Gasteiger partial charge in [0.15, 0.2) is 0 Å². The van der Waals surface area contributed by atoms with E-state index in [4.69, 9.17) is 9.47 Å². The molecular formula is C42H51N5O5. The van der Waals surface area contributed by atoms with Crippen LogP contribution in [0.1, 0.15) is 102 Å². The SMILES string of the molecule is CC(C)(C)OC(=O)N1CCC[C@H]1C(=O)Nc1ccc(CC(c2ccccc2)c2ccc(-c3cnc([C@@H]4CCCN4C(=O)OC(C)(C)C)[nH]3)cc2)cc1. The van der Waals surface area contributed by atoms with Gasteiger partial charge in [-0.15, -0.1) is 0 Å². The first kappa shape index (κ1) is 36.7. The van der Waals surface area contributed by atoms with Crippen molar-refractivity contribution >= 4 is 23.8 Å². The third-order valence-electron chi connectivity index (χ3n) is 9.46. The topological polar surface area (TPSA) is 117 Å². The third-order valence-corrected chi connectivity index (χ3v) is 9.46. The summed E-state index contributed by atoms with van der Waals surface area (Å²) >= 11 is 0.